The van der Waals surface area contributed by atoms with E-state index in [-0.39, 0.29) is 0 Å². The lowest BCUT2D eigenvalue weighted by Crippen LogP contribution is -2.45. The van der Waals surface area contributed by atoms with Gasteiger partial charge < -0.3 is 10.0 Å². The molecule has 0 aliphatic heterocycles. The number of para-hydroxylation sites is 1. The van der Waals surface area contributed by atoms with Gasteiger partial charge in [0, 0.05) is 12.1 Å². The van der Waals surface area contributed by atoms with Gasteiger partial charge in [-0.3, -0.25) is 0 Å². The molecule has 2 saturated carbocycles. The normalized spacial score (nSPS) is 21.4. The number of aryl methyl sites for hydroxylation is 1. The van der Waals surface area contributed by atoms with E-state index in [9.17, 15) is 5.11 Å². The maximum atomic E-state index is 10.6. The summed E-state index contributed by atoms with van der Waals surface area (Å²) in [6.07, 6.45) is 13.3. The Balaban J connectivity index is 1.91. The standard InChI is InChI=1S/C19H29NO/c1-15-9-8-14-18(19(15)21)20(16-10-4-2-5-11-16)17-12-6-3-7-13-17/h8-9,14,16-17,21H,2-7,10-13H2,1H3. The molecule has 116 valence electrons. The van der Waals surface area contributed by atoms with Crippen LogP contribution in [-0.4, -0.2) is 17.2 Å². The maximum absolute atomic E-state index is 10.6. The third-order valence-electron chi connectivity index (χ3n) is 5.43. The van der Waals surface area contributed by atoms with E-state index in [4.69, 9.17) is 0 Å². The minimum absolute atomic E-state index is 0.508. The average molecular weight is 287 g/mol. The molecule has 2 heteroatoms. The van der Waals surface area contributed by atoms with Gasteiger partial charge in [-0.1, -0.05) is 50.7 Å². The monoisotopic (exact) mass is 287 g/mol. The van der Waals surface area contributed by atoms with Crippen molar-refractivity contribution >= 4 is 5.69 Å². The third-order valence-corrected chi connectivity index (χ3v) is 5.43. The summed E-state index contributed by atoms with van der Waals surface area (Å²) in [6, 6.07) is 7.51. The number of rotatable bonds is 3. The number of benzene rings is 1. The highest BCUT2D eigenvalue weighted by Crippen LogP contribution is 2.39. The van der Waals surface area contributed by atoms with Crippen molar-refractivity contribution in [2.24, 2.45) is 0 Å². The molecule has 2 fully saturated rings. The second-order valence-corrected chi connectivity index (χ2v) is 6.93. The summed E-state index contributed by atoms with van der Waals surface area (Å²) in [7, 11) is 0. The lowest BCUT2D eigenvalue weighted by molar-refractivity contribution is 0.336. The van der Waals surface area contributed by atoms with Crippen molar-refractivity contribution in [1.82, 2.24) is 0 Å². The van der Waals surface area contributed by atoms with Crippen LogP contribution >= 0.6 is 0 Å². The minimum Gasteiger partial charge on any atom is -0.505 e. The number of phenols is 1. The SMILES string of the molecule is Cc1cccc(N(C2CCCCC2)C2CCCCC2)c1O. The summed E-state index contributed by atoms with van der Waals surface area (Å²) >= 11 is 0. The van der Waals surface area contributed by atoms with Crippen LogP contribution in [0.4, 0.5) is 5.69 Å². The van der Waals surface area contributed by atoms with E-state index < -0.39 is 0 Å². The molecule has 1 aromatic carbocycles. The summed E-state index contributed by atoms with van der Waals surface area (Å²) < 4.78 is 0. The molecule has 2 aliphatic rings. The van der Waals surface area contributed by atoms with Gasteiger partial charge in [-0.15, -0.1) is 0 Å². The highest BCUT2D eigenvalue weighted by molar-refractivity contribution is 5.62. The molecule has 1 N–H and O–H groups in total. The third kappa shape index (κ3) is 3.20. The minimum atomic E-state index is 0.508. The number of hydrogen-bond donors (Lipinski definition) is 1. The van der Waals surface area contributed by atoms with E-state index in [1.807, 2.05) is 13.0 Å². The molecule has 0 spiro atoms. The predicted molar refractivity (Wildman–Crippen MR) is 89.1 cm³/mol. The molecule has 1 aromatic rings. The Morgan fingerprint density at radius 1 is 0.857 bits per heavy atom. The van der Waals surface area contributed by atoms with Gasteiger partial charge in [0.1, 0.15) is 5.75 Å². The van der Waals surface area contributed by atoms with Crippen LogP contribution < -0.4 is 4.90 Å². The smallest absolute Gasteiger partial charge is 0.141 e. The Bertz CT molecular complexity index is 441. The molecule has 0 unspecified atom stereocenters. The van der Waals surface area contributed by atoms with Crippen LogP contribution in [0.25, 0.3) is 0 Å². The molecular formula is C19H29NO. The molecule has 0 saturated heterocycles. The zero-order chi connectivity index (χ0) is 14.7. The Hall–Kier alpha value is -1.18. The lowest BCUT2D eigenvalue weighted by Gasteiger charge is -2.43. The molecule has 0 bridgehead atoms. The molecule has 0 aromatic heterocycles. The lowest BCUT2D eigenvalue weighted by atomic mass is 9.88. The number of hydrogen-bond acceptors (Lipinski definition) is 2. The first-order valence-corrected chi connectivity index (χ1v) is 8.84. The Labute approximate surface area is 129 Å². The van der Waals surface area contributed by atoms with Gasteiger partial charge in [0.05, 0.1) is 5.69 Å². The topological polar surface area (TPSA) is 23.5 Å². The summed E-state index contributed by atoms with van der Waals surface area (Å²) in [5, 5.41) is 10.6. The number of phenolic OH excluding ortho intramolecular Hbond substituents is 1. The van der Waals surface area contributed by atoms with Crippen LogP contribution in [-0.2, 0) is 0 Å². The number of aromatic hydroxyl groups is 1. The molecule has 3 rings (SSSR count). The molecule has 2 nitrogen and oxygen atoms in total. The zero-order valence-corrected chi connectivity index (χ0v) is 13.4. The van der Waals surface area contributed by atoms with Crippen LogP contribution in [0, 0.1) is 6.92 Å². The summed E-state index contributed by atoms with van der Waals surface area (Å²) in [5.41, 5.74) is 2.10. The van der Waals surface area contributed by atoms with Crippen LogP contribution in [0.15, 0.2) is 18.2 Å². The van der Waals surface area contributed by atoms with Gasteiger partial charge in [0.2, 0.25) is 0 Å². The van der Waals surface area contributed by atoms with Crippen LogP contribution in [0.1, 0.15) is 69.8 Å². The first kappa shape index (κ1) is 14.7. The van der Waals surface area contributed by atoms with Crippen molar-refractivity contribution in [1.29, 1.82) is 0 Å². The summed E-state index contributed by atoms with van der Waals surface area (Å²) in [6.45, 7) is 2.01. The van der Waals surface area contributed by atoms with Crippen molar-refractivity contribution in [3.8, 4) is 5.75 Å². The van der Waals surface area contributed by atoms with E-state index in [2.05, 4.69) is 17.0 Å². The van der Waals surface area contributed by atoms with Crippen molar-refractivity contribution in [2.75, 3.05) is 4.90 Å². The van der Waals surface area contributed by atoms with Crippen LogP contribution in [0.5, 0.6) is 5.75 Å². The number of nitrogens with zero attached hydrogens (tertiary/aromatic N) is 1. The van der Waals surface area contributed by atoms with Gasteiger partial charge in [-0.2, -0.15) is 0 Å². The van der Waals surface area contributed by atoms with Crippen molar-refractivity contribution in [2.45, 2.75) is 83.2 Å². The largest absolute Gasteiger partial charge is 0.505 e. The van der Waals surface area contributed by atoms with Gasteiger partial charge in [-0.05, 0) is 44.2 Å². The van der Waals surface area contributed by atoms with Gasteiger partial charge >= 0.3 is 0 Å². The molecule has 21 heavy (non-hydrogen) atoms. The molecule has 0 heterocycles. The first-order chi connectivity index (χ1) is 10.3. The number of anilines is 1. The van der Waals surface area contributed by atoms with Gasteiger partial charge in [-0.25, -0.2) is 0 Å². The van der Waals surface area contributed by atoms with Crippen LogP contribution in [0.3, 0.4) is 0 Å². The zero-order valence-electron chi connectivity index (χ0n) is 13.4. The highest BCUT2D eigenvalue weighted by atomic mass is 16.3. The fraction of sp³-hybridized carbons (Fsp3) is 0.684. The predicted octanol–water partition coefficient (Wildman–Crippen LogP) is 5.17. The molecular weight excluding hydrogens is 258 g/mol. The van der Waals surface area contributed by atoms with Crippen LogP contribution in [0.2, 0.25) is 0 Å². The maximum Gasteiger partial charge on any atom is 0.141 e. The Kier molecular flexibility index (Phi) is 4.72. The van der Waals surface area contributed by atoms with Gasteiger partial charge in [0.15, 0.2) is 0 Å². The molecule has 2 aliphatic carbocycles. The average Bonchev–Trinajstić information content (AvgIpc) is 2.54. The fourth-order valence-corrected chi connectivity index (χ4v) is 4.26. The highest BCUT2D eigenvalue weighted by Gasteiger charge is 2.30. The molecule has 0 atom stereocenters. The van der Waals surface area contributed by atoms with E-state index >= 15 is 0 Å². The second-order valence-electron chi connectivity index (χ2n) is 6.93. The summed E-state index contributed by atoms with van der Waals surface area (Å²) in [5.74, 6) is 0.508. The Morgan fingerprint density at radius 3 is 1.90 bits per heavy atom. The molecule has 0 radical (unpaired) electrons. The van der Waals surface area contributed by atoms with Crippen molar-refractivity contribution < 1.29 is 5.11 Å². The second kappa shape index (κ2) is 6.72. The van der Waals surface area contributed by atoms with Gasteiger partial charge in [0.25, 0.3) is 0 Å². The van der Waals surface area contributed by atoms with E-state index in [1.54, 1.807) is 0 Å². The Morgan fingerprint density at radius 2 is 1.38 bits per heavy atom. The first-order valence-electron chi connectivity index (χ1n) is 8.84. The van der Waals surface area contributed by atoms with Crippen molar-refractivity contribution in [3.05, 3.63) is 23.8 Å². The fourth-order valence-electron chi connectivity index (χ4n) is 4.26. The molecule has 0 amide bonds. The van der Waals surface area contributed by atoms with E-state index in [0.717, 1.165) is 11.3 Å². The van der Waals surface area contributed by atoms with Crippen molar-refractivity contribution in [3.63, 3.8) is 0 Å². The summed E-state index contributed by atoms with van der Waals surface area (Å²) in [4.78, 5) is 2.61. The quantitative estimate of drug-likeness (QED) is 0.828. The van der Waals surface area contributed by atoms with E-state index in [1.165, 1.54) is 64.2 Å². The van der Waals surface area contributed by atoms with E-state index in [0.29, 0.717) is 17.8 Å².